The maximum absolute atomic E-state index is 13.6. The van der Waals surface area contributed by atoms with Crippen molar-refractivity contribution in [2.24, 2.45) is 11.8 Å². The number of thiazole rings is 1. The van der Waals surface area contributed by atoms with Gasteiger partial charge in [-0.15, -0.1) is 11.3 Å². The van der Waals surface area contributed by atoms with Gasteiger partial charge in [0.1, 0.15) is 0 Å². The number of halogens is 1. The molecule has 0 aliphatic heterocycles. The molecule has 1 N–H and O–H groups in total. The molecule has 1 amide bonds. The molecule has 1 aromatic heterocycles. The first-order valence-corrected chi connectivity index (χ1v) is 11.5. The second kappa shape index (κ2) is 9.62. The van der Waals surface area contributed by atoms with Crippen LogP contribution in [0.15, 0.2) is 60.0 Å². The van der Waals surface area contributed by atoms with Crippen molar-refractivity contribution in [3.63, 3.8) is 0 Å². The van der Waals surface area contributed by atoms with Gasteiger partial charge in [0, 0.05) is 22.5 Å². The normalized spacial score (nSPS) is 14.2. The molecule has 31 heavy (non-hydrogen) atoms. The average Bonchev–Trinajstić information content (AvgIpc) is 3.46. The summed E-state index contributed by atoms with van der Waals surface area (Å²) in [7, 11) is 0. The monoisotopic (exact) mass is 454 g/mol. The first-order chi connectivity index (χ1) is 15.0. The maximum atomic E-state index is 13.6. The fourth-order valence-corrected chi connectivity index (χ4v) is 4.65. The van der Waals surface area contributed by atoms with E-state index in [1.165, 1.54) is 11.3 Å². The number of hydrogen-bond donors (Lipinski definition) is 1. The van der Waals surface area contributed by atoms with Crippen molar-refractivity contribution in [1.29, 1.82) is 0 Å². The highest BCUT2D eigenvalue weighted by atomic mass is 35.5. The van der Waals surface area contributed by atoms with E-state index in [2.05, 4.69) is 0 Å². The summed E-state index contributed by atoms with van der Waals surface area (Å²) in [5, 5.41) is 12.5. The third-order valence-corrected chi connectivity index (χ3v) is 6.56. The first kappa shape index (κ1) is 21.5. The molecular formula is C24H23ClN2O3S. The van der Waals surface area contributed by atoms with Gasteiger partial charge in [-0.1, -0.05) is 60.1 Å². The summed E-state index contributed by atoms with van der Waals surface area (Å²) in [4.78, 5) is 31.5. The molecule has 0 bridgehead atoms. The number of benzene rings is 2. The number of anilines is 1. The van der Waals surface area contributed by atoms with Crippen LogP contribution in [0, 0.1) is 11.8 Å². The summed E-state index contributed by atoms with van der Waals surface area (Å²) < 4.78 is 0. The molecular weight excluding hydrogens is 432 g/mol. The Morgan fingerprint density at radius 1 is 1.13 bits per heavy atom. The Bertz CT molecular complexity index is 1070. The van der Waals surface area contributed by atoms with Crippen LogP contribution in [-0.4, -0.2) is 28.5 Å². The Morgan fingerprint density at radius 2 is 1.84 bits per heavy atom. The molecule has 0 saturated heterocycles. The molecule has 7 heteroatoms. The van der Waals surface area contributed by atoms with Gasteiger partial charge in [-0.3, -0.25) is 14.5 Å². The Hall–Kier alpha value is -2.70. The molecule has 2 aromatic carbocycles. The molecule has 4 rings (SSSR count). The van der Waals surface area contributed by atoms with Gasteiger partial charge in [-0.05, 0) is 36.8 Å². The summed E-state index contributed by atoms with van der Waals surface area (Å²) in [5.74, 6) is -1.36. The van der Waals surface area contributed by atoms with Gasteiger partial charge in [0.2, 0.25) is 5.91 Å². The van der Waals surface area contributed by atoms with Gasteiger partial charge in [-0.2, -0.15) is 0 Å². The molecule has 1 saturated carbocycles. The number of aromatic nitrogens is 1. The predicted octanol–water partition coefficient (Wildman–Crippen LogP) is 5.54. The van der Waals surface area contributed by atoms with E-state index in [1.807, 2.05) is 60.0 Å². The smallest absolute Gasteiger partial charge is 0.304 e. The first-order valence-electron chi connectivity index (χ1n) is 10.3. The number of carboxylic acids is 1. The zero-order valence-corrected chi connectivity index (χ0v) is 18.5. The van der Waals surface area contributed by atoms with E-state index < -0.39 is 11.9 Å². The third-order valence-electron chi connectivity index (χ3n) is 5.37. The van der Waals surface area contributed by atoms with Crippen LogP contribution in [0.25, 0.3) is 11.3 Å². The second-order valence-electron chi connectivity index (χ2n) is 7.87. The maximum Gasteiger partial charge on any atom is 0.304 e. The number of carbonyl (C=O) groups is 2. The van der Waals surface area contributed by atoms with E-state index in [9.17, 15) is 14.7 Å². The van der Waals surface area contributed by atoms with Gasteiger partial charge in [0.15, 0.2) is 5.13 Å². The number of aliphatic carboxylic acids is 1. The fraction of sp³-hybridized carbons (Fsp3) is 0.292. The van der Waals surface area contributed by atoms with E-state index in [1.54, 1.807) is 4.90 Å². The Balaban J connectivity index is 1.62. The zero-order chi connectivity index (χ0) is 21.8. The average molecular weight is 455 g/mol. The van der Waals surface area contributed by atoms with E-state index in [-0.39, 0.29) is 12.3 Å². The minimum absolute atomic E-state index is 0.182. The van der Waals surface area contributed by atoms with Gasteiger partial charge >= 0.3 is 5.97 Å². The van der Waals surface area contributed by atoms with Crippen molar-refractivity contribution >= 4 is 39.9 Å². The molecule has 0 unspecified atom stereocenters. The minimum atomic E-state index is -0.975. The van der Waals surface area contributed by atoms with Crippen LogP contribution < -0.4 is 4.90 Å². The van der Waals surface area contributed by atoms with Crippen LogP contribution in [0.2, 0.25) is 5.02 Å². The molecule has 0 radical (unpaired) electrons. The van der Waals surface area contributed by atoms with Crippen molar-refractivity contribution in [3.8, 4) is 11.3 Å². The van der Waals surface area contributed by atoms with Gasteiger partial charge in [0.05, 0.1) is 18.0 Å². The summed E-state index contributed by atoms with van der Waals surface area (Å²) in [6.07, 6.45) is 2.33. The SMILES string of the molecule is O=C(O)C[C@@H](Cc1ccccc1)C(=O)N(CC1CC1)c1nc(-c2ccccc2Cl)cs1. The number of carbonyl (C=O) groups excluding carboxylic acids is 1. The standard InChI is InChI=1S/C24H23ClN2O3S/c25-20-9-5-4-8-19(20)21-15-31-24(26-21)27(14-17-10-11-17)23(30)18(13-22(28)29)12-16-6-2-1-3-7-16/h1-9,15,17-18H,10-14H2,(H,28,29)/t18-/m1/s1. The number of hydrogen-bond acceptors (Lipinski definition) is 4. The van der Waals surface area contributed by atoms with Crippen LogP contribution in [0.1, 0.15) is 24.8 Å². The molecule has 3 aromatic rings. The lowest BCUT2D eigenvalue weighted by atomic mass is 9.94. The summed E-state index contributed by atoms with van der Waals surface area (Å²) >= 11 is 7.71. The van der Waals surface area contributed by atoms with Crippen molar-refractivity contribution < 1.29 is 14.7 Å². The molecule has 1 fully saturated rings. The van der Waals surface area contributed by atoms with Crippen molar-refractivity contribution in [3.05, 3.63) is 70.6 Å². The van der Waals surface area contributed by atoms with E-state index >= 15 is 0 Å². The molecule has 160 valence electrons. The van der Waals surface area contributed by atoms with Crippen LogP contribution in [0.3, 0.4) is 0 Å². The second-order valence-corrected chi connectivity index (χ2v) is 9.12. The lowest BCUT2D eigenvalue weighted by molar-refractivity contribution is -0.140. The summed E-state index contributed by atoms with van der Waals surface area (Å²) in [6, 6.07) is 17.0. The molecule has 5 nitrogen and oxygen atoms in total. The zero-order valence-electron chi connectivity index (χ0n) is 16.9. The number of carboxylic acid groups (broad SMARTS) is 1. The number of nitrogens with zero attached hydrogens (tertiary/aromatic N) is 2. The van der Waals surface area contributed by atoms with Crippen LogP contribution >= 0.6 is 22.9 Å². The Morgan fingerprint density at radius 3 is 2.52 bits per heavy atom. The third kappa shape index (κ3) is 5.51. The van der Waals surface area contributed by atoms with Crippen molar-refractivity contribution in [2.45, 2.75) is 25.7 Å². The molecule has 1 heterocycles. The minimum Gasteiger partial charge on any atom is -0.481 e. The van der Waals surface area contributed by atoms with Crippen LogP contribution in [0.5, 0.6) is 0 Å². The Labute approximate surface area is 190 Å². The van der Waals surface area contributed by atoms with Crippen molar-refractivity contribution in [1.82, 2.24) is 4.98 Å². The predicted molar refractivity (Wildman–Crippen MR) is 124 cm³/mol. The van der Waals surface area contributed by atoms with Gasteiger partial charge < -0.3 is 5.11 Å². The van der Waals surface area contributed by atoms with Gasteiger partial charge in [0.25, 0.3) is 0 Å². The lowest BCUT2D eigenvalue weighted by Gasteiger charge is -2.25. The van der Waals surface area contributed by atoms with E-state index in [4.69, 9.17) is 16.6 Å². The summed E-state index contributed by atoms with van der Waals surface area (Å²) in [5.41, 5.74) is 2.48. The quantitative estimate of drug-likeness (QED) is 0.460. The summed E-state index contributed by atoms with van der Waals surface area (Å²) in [6.45, 7) is 0.569. The molecule has 1 atom stereocenters. The van der Waals surface area contributed by atoms with Crippen LogP contribution in [0.4, 0.5) is 5.13 Å². The van der Waals surface area contributed by atoms with Crippen LogP contribution in [-0.2, 0) is 16.0 Å². The topological polar surface area (TPSA) is 70.5 Å². The number of amides is 1. The van der Waals surface area contributed by atoms with Gasteiger partial charge in [-0.25, -0.2) is 4.98 Å². The van der Waals surface area contributed by atoms with Crippen molar-refractivity contribution in [2.75, 3.05) is 11.4 Å². The molecule has 0 spiro atoms. The molecule has 1 aliphatic rings. The Kier molecular flexibility index (Phi) is 6.68. The fourth-order valence-electron chi connectivity index (χ4n) is 3.58. The van der Waals surface area contributed by atoms with E-state index in [0.29, 0.717) is 29.0 Å². The largest absolute Gasteiger partial charge is 0.481 e. The highest BCUT2D eigenvalue weighted by molar-refractivity contribution is 7.14. The highest BCUT2D eigenvalue weighted by Gasteiger charge is 2.34. The number of rotatable bonds is 9. The molecule has 1 aliphatic carbocycles. The lowest BCUT2D eigenvalue weighted by Crippen LogP contribution is -2.39. The highest BCUT2D eigenvalue weighted by Crippen LogP contribution is 2.36. The van der Waals surface area contributed by atoms with E-state index in [0.717, 1.165) is 29.7 Å².